The first kappa shape index (κ1) is 13.4. The van der Waals surface area contributed by atoms with Crippen LogP contribution in [-0.2, 0) is 4.79 Å². The van der Waals surface area contributed by atoms with Crippen molar-refractivity contribution in [1.82, 2.24) is 5.32 Å². The van der Waals surface area contributed by atoms with Crippen LogP contribution in [0.2, 0.25) is 5.02 Å². The Bertz CT molecular complexity index is 447. The van der Waals surface area contributed by atoms with Crippen molar-refractivity contribution in [2.24, 2.45) is 0 Å². The zero-order valence-electron chi connectivity index (χ0n) is 10.9. The second-order valence-corrected chi connectivity index (χ2v) is 5.15. The number of halogens is 1. The van der Waals surface area contributed by atoms with Gasteiger partial charge in [0.1, 0.15) is 0 Å². The predicted octanol–water partition coefficient (Wildman–Crippen LogP) is 2.75. The summed E-state index contributed by atoms with van der Waals surface area (Å²) in [4.78, 5) is 14.1. The first-order valence-electron chi connectivity index (χ1n) is 6.44. The van der Waals surface area contributed by atoms with Gasteiger partial charge in [-0.3, -0.25) is 4.79 Å². The summed E-state index contributed by atoms with van der Waals surface area (Å²) < 4.78 is 0. The van der Waals surface area contributed by atoms with Gasteiger partial charge in [0.15, 0.2) is 0 Å². The maximum Gasteiger partial charge on any atom is 0.244 e. The fourth-order valence-corrected chi connectivity index (χ4v) is 2.58. The number of benzene rings is 1. The van der Waals surface area contributed by atoms with Crippen LogP contribution in [0.3, 0.4) is 0 Å². The van der Waals surface area contributed by atoms with Crippen LogP contribution in [0.4, 0.5) is 5.69 Å². The van der Waals surface area contributed by atoms with E-state index in [2.05, 4.69) is 12.2 Å². The van der Waals surface area contributed by atoms with Crippen LogP contribution in [0.25, 0.3) is 0 Å². The molecule has 0 aliphatic carbocycles. The first-order chi connectivity index (χ1) is 8.63. The van der Waals surface area contributed by atoms with Crippen molar-refractivity contribution in [2.75, 3.05) is 18.0 Å². The second kappa shape index (κ2) is 5.72. The third-order valence-electron chi connectivity index (χ3n) is 3.30. The summed E-state index contributed by atoms with van der Waals surface area (Å²) in [6.07, 6.45) is 1.92. The van der Waals surface area contributed by atoms with E-state index < -0.39 is 0 Å². The lowest BCUT2D eigenvalue weighted by Gasteiger charge is -2.19. The zero-order chi connectivity index (χ0) is 13.1. The molecular formula is C14H19ClN2O. The van der Waals surface area contributed by atoms with Gasteiger partial charge in [0.2, 0.25) is 5.91 Å². The van der Waals surface area contributed by atoms with Crippen LogP contribution in [0.15, 0.2) is 18.2 Å². The Balaban J connectivity index is 2.13. The second-order valence-electron chi connectivity index (χ2n) is 4.72. The molecule has 1 aliphatic heterocycles. The maximum atomic E-state index is 12.3. The minimum Gasteiger partial charge on any atom is -0.311 e. The summed E-state index contributed by atoms with van der Waals surface area (Å²) in [5, 5.41) is 4.01. The Morgan fingerprint density at radius 1 is 1.50 bits per heavy atom. The summed E-state index contributed by atoms with van der Waals surface area (Å²) in [5.74, 6) is 0.175. The minimum absolute atomic E-state index is 0.0278. The number of nitrogens with one attached hydrogen (secondary N) is 1. The normalized spacial score (nSPS) is 19.6. The SMILES string of the molecule is CCCNC1CCN(c2ccc(Cl)cc2C)C1=O. The number of hydrogen-bond acceptors (Lipinski definition) is 2. The molecule has 1 atom stereocenters. The molecule has 2 rings (SSSR count). The molecule has 1 aromatic rings. The average molecular weight is 267 g/mol. The van der Waals surface area contributed by atoms with Gasteiger partial charge in [-0.25, -0.2) is 0 Å². The van der Waals surface area contributed by atoms with Crippen molar-refractivity contribution in [3.63, 3.8) is 0 Å². The average Bonchev–Trinajstić information content (AvgIpc) is 2.68. The number of aryl methyl sites for hydroxylation is 1. The Kier molecular flexibility index (Phi) is 4.25. The van der Waals surface area contributed by atoms with Crippen LogP contribution < -0.4 is 10.2 Å². The lowest BCUT2D eigenvalue weighted by molar-refractivity contribution is -0.118. The van der Waals surface area contributed by atoms with Crippen LogP contribution in [0.5, 0.6) is 0 Å². The smallest absolute Gasteiger partial charge is 0.244 e. The van der Waals surface area contributed by atoms with Gasteiger partial charge in [0.25, 0.3) is 0 Å². The van der Waals surface area contributed by atoms with Crippen molar-refractivity contribution in [2.45, 2.75) is 32.7 Å². The molecule has 1 unspecified atom stereocenters. The van der Waals surface area contributed by atoms with Gasteiger partial charge in [0.05, 0.1) is 6.04 Å². The quantitative estimate of drug-likeness (QED) is 0.909. The number of rotatable bonds is 4. The number of hydrogen-bond donors (Lipinski definition) is 1. The highest BCUT2D eigenvalue weighted by atomic mass is 35.5. The van der Waals surface area contributed by atoms with Crippen molar-refractivity contribution < 1.29 is 4.79 Å². The van der Waals surface area contributed by atoms with Crippen molar-refractivity contribution in [1.29, 1.82) is 0 Å². The van der Waals surface area contributed by atoms with Crippen molar-refractivity contribution in [3.8, 4) is 0 Å². The van der Waals surface area contributed by atoms with E-state index in [4.69, 9.17) is 11.6 Å². The molecule has 1 saturated heterocycles. The summed E-state index contributed by atoms with van der Waals surface area (Å²) >= 11 is 5.94. The largest absolute Gasteiger partial charge is 0.311 e. The predicted molar refractivity (Wildman–Crippen MR) is 75.2 cm³/mol. The molecule has 1 heterocycles. The molecular weight excluding hydrogens is 248 g/mol. The number of nitrogens with zero attached hydrogens (tertiary/aromatic N) is 1. The minimum atomic E-state index is -0.0278. The Morgan fingerprint density at radius 2 is 2.28 bits per heavy atom. The highest BCUT2D eigenvalue weighted by Gasteiger charge is 2.32. The van der Waals surface area contributed by atoms with E-state index in [-0.39, 0.29) is 11.9 Å². The van der Waals surface area contributed by atoms with Crippen LogP contribution in [0, 0.1) is 6.92 Å². The van der Waals surface area contributed by atoms with Gasteiger partial charge in [-0.2, -0.15) is 0 Å². The molecule has 0 bridgehead atoms. The molecule has 98 valence electrons. The fourth-order valence-electron chi connectivity index (χ4n) is 2.35. The van der Waals surface area contributed by atoms with Gasteiger partial charge in [-0.05, 0) is 50.1 Å². The molecule has 1 fully saturated rings. The van der Waals surface area contributed by atoms with E-state index in [1.54, 1.807) is 0 Å². The molecule has 1 amide bonds. The van der Waals surface area contributed by atoms with E-state index >= 15 is 0 Å². The lowest BCUT2D eigenvalue weighted by atomic mass is 10.2. The number of anilines is 1. The molecule has 18 heavy (non-hydrogen) atoms. The lowest BCUT2D eigenvalue weighted by Crippen LogP contribution is -2.38. The Hall–Kier alpha value is -1.06. The van der Waals surface area contributed by atoms with Crippen LogP contribution in [-0.4, -0.2) is 25.0 Å². The number of carbonyl (C=O) groups is 1. The highest BCUT2D eigenvalue weighted by molar-refractivity contribution is 6.30. The summed E-state index contributed by atoms with van der Waals surface area (Å²) in [6, 6.07) is 5.64. The molecule has 1 aliphatic rings. The molecule has 4 heteroatoms. The standard InChI is InChI=1S/C14H19ClN2O/c1-3-7-16-12-6-8-17(14(12)18)13-5-4-11(15)9-10(13)2/h4-5,9,12,16H,3,6-8H2,1-2H3. The summed E-state index contributed by atoms with van der Waals surface area (Å²) in [6.45, 7) is 5.77. The van der Waals surface area contributed by atoms with E-state index in [0.717, 1.165) is 37.2 Å². The molecule has 1 aromatic carbocycles. The molecule has 0 radical (unpaired) electrons. The summed E-state index contributed by atoms with van der Waals surface area (Å²) in [7, 11) is 0. The van der Waals surface area contributed by atoms with E-state index in [1.807, 2.05) is 30.0 Å². The fraction of sp³-hybridized carbons (Fsp3) is 0.500. The highest BCUT2D eigenvalue weighted by Crippen LogP contribution is 2.27. The summed E-state index contributed by atoms with van der Waals surface area (Å²) in [5.41, 5.74) is 2.03. The van der Waals surface area contributed by atoms with Gasteiger partial charge in [0, 0.05) is 17.3 Å². The third-order valence-corrected chi connectivity index (χ3v) is 3.53. The van der Waals surface area contributed by atoms with Crippen molar-refractivity contribution in [3.05, 3.63) is 28.8 Å². The van der Waals surface area contributed by atoms with E-state index in [1.165, 1.54) is 0 Å². The molecule has 3 nitrogen and oxygen atoms in total. The number of amides is 1. The molecule has 1 N–H and O–H groups in total. The van der Waals surface area contributed by atoms with Crippen LogP contribution in [0.1, 0.15) is 25.3 Å². The van der Waals surface area contributed by atoms with E-state index in [9.17, 15) is 4.79 Å². The van der Waals surface area contributed by atoms with Crippen molar-refractivity contribution >= 4 is 23.2 Å². The topological polar surface area (TPSA) is 32.3 Å². The van der Waals surface area contributed by atoms with Gasteiger partial charge < -0.3 is 10.2 Å². The zero-order valence-corrected chi connectivity index (χ0v) is 11.6. The van der Waals surface area contributed by atoms with Gasteiger partial charge in [-0.15, -0.1) is 0 Å². The van der Waals surface area contributed by atoms with Gasteiger partial charge in [-0.1, -0.05) is 18.5 Å². The van der Waals surface area contributed by atoms with E-state index in [0.29, 0.717) is 5.02 Å². The number of carbonyl (C=O) groups excluding carboxylic acids is 1. The molecule has 0 aromatic heterocycles. The first-order valence-corrected chi connectivity index (χ1v) is 6.82. The van der Waals surface area contributed by atoms with Gasteiger partial charge >= 0.3 is 0 Å². The molecule has 0 saturated carbocycles. The maximum absolute atomic E-state index is 12.3. The Morgan fingerprint density at radius 3 is 2.94 bits per heavy atom. The molecule has 0 spiro atoms. The monoisotopic (exact) mass is 266 g/mol. The van der Waals surface area contributed by atoms with Crippen LogP contribution >= 0.6 is 11.6 Å². The third kappa shape index (κ3) is 2.68. The Labute approximate surface area is 113 Å².